The Kier molecular flexibility index (Phi) is 35.8. The van der Waals surface area contributed by atoms with Crippen LogP contribution in [-0.2, 0) is 4.79 Å². The summed E-state index contributed by atoms with van der Waals surface area (Å²) in [4.78, 5) is 12.3. The molecular weight excluding hydrogens is 599 g/mol. The number of unbranched alkanes of at least 4 members (excludes halogenated alkanes) is 33. The Labute approximate surface area is 308 Å². The first kappa shape index (κ1) is 46.0. The lowest BCUT2D eigenvalue weighted by Crippen LogP contribution is -2.32. The molecule has 0 aromatic carbocycles. The van der Waals surface area contributed by atoms with Crippen LogP contribution in [0.3, 0.4) is 0 Å². The molecule has 1 heterocycles. The van der Waals surface area contributed by atoms with Gasteiger partial charge < -0.3 is 5.32 Å². The maximum absolute atomic E-state index is 12.3. The number of carbonyl (C=O) groups is 1. The standard InChI is InChI=1S/C45H89N3O/c1-3-5-7-9-11-13-15-17-19-20-21-22-23-25-26-28-30-32-34-36-38-44-46-40-42-48(44)43-41-47-45(49)39-37-35-33-31-29-27-24-18-16-14-12-10-8-6-4-2/h3-43H2,1-2H3,(H,47,49)/p+1. The third-order valence-electron chi connectivity index (χ3n) is 11.1. The number of hydrogen-bond donors (Lipinski definition) is 2. The van der Waals surface area contributed by atoms with Crippen molar-refractivity contribution in [3.63, 3.8) is 0 Å². The lowest BCUT2D eigenvalue weighted by Gasteiger charge is -2.07. The normalized spacial score (nSPS) is 13.0. The van der Waals surface area contributed by atoms with Gasteiger partial charge in [-0.25, -0.2) is 0 Å². The fourth-order valence-electron chi connectivity index (χ4n) is 7.70. The van der Waals surface area contributed by atoms with Crippen molar-refractivity contribution in [1.82, 2.24) is 10.6 Å². The maximum atomic E-state index is 12.3. The van der Waals surface area contributed by atoms with E-state index in [1.54, 1.807) is 0 Å². The first-order valence-corrected chi connectivity index (χ1v) is 22.9. The van der Waals surface area contributed by atoms with Crippen molar-refractivity contribution < 1.29 is 9.37 Å². The van der Waals surface area contributed by atoms with E-state index in [4.69, 9.17) is 0 Å². The van der Waals surface area contributed by atoms with Crippen molar-refractivity contribution in [3.8, 4) is 0 Å². The Balaban J connectivity index is 1.84. The van der Waals surface area contributed by atoms with Crippen LogP contribution in [0.1, 0.15) is 251 Å². The zero-order valence-corrected chi connectivity index (χ0v) is 33.8. The van der Waals surface area contributed by atoms with Crippen molar-refractivity contribution in [2.45, 2.75) is 251 Å². The minimum atomic E-state index is 0.248. The summed E-state index contributed by atoms with van der Waals surface area (Å²) in [6.45, 7) is 8.47. The molecule has 0 unspecified atom stereocenters. The third-order valence-corrected chi connectivity index (χ3v) is 11.1. The van der Waals surface area contributed by atoms with Crippen LogP contribution in [0.25, 0.3) is 0 Å². The topological polar surface area (TPSA) is 44.1 Å². The number of nitrogens with zero attached hydrogens (tertiary/aromatic N) is 1. The van der Waals surface area contributed by atoms with Gasteiger partial charge in [-0.05, 0) is 12.8 Å². The summed E-state index contributed by atoms with van der Waals surface area (Å²) in [5, 5.41) is 6.81. The van der Waals surface area contributed by atoms with Gasteiger partial charge in [0, 0.05) is 12.8 Å². The van der Waals surface area contributed by atoms with Crippen molar-refractivity contribution in [3.05, 3.63) is 0 Å². The Morgan fingerprint density at radius 3 is 1.18 bits per heavy atom. The van der Waals surface area contributed by atoms with E-state index in [0.29, 0.717) is 6.42 Å². The SMILES string of the molecule is CCCCCCCCCCCCCCCCCCCCCCC1=[N+](CCNC(=O)CCCCCCCCCCCCCCCCC)CCN1. The van der Waals surface area contributed by atoms with Crippen LogP contribution in [0.5, 0.6) is 0 Å². The van der Waals surface area contributed by atoms with Gasteiger partial charge >= 0.3 is 0 Å². The molecule has 1 rings (SSSR count). The van der Waals surface area contributed by atoms with E-state index in [1.807, 2.05) is 0 Å². The van der Waals surface area contributed by atoms with Gasteiger partial charge in [-0.3, -0.25) is 14.7 Å². The van der Waals surface area contributed by atoms with Crippen LogP contribution in [0.2, 0.25) is 0 Å². The van der Waals surface area contributed by atoms with E-state index in [1.165, 1.54) is 231 Å². The molecule has 1 aliphatic rings. The van der Waals surface area contributed by atoms with Crippen LogP contribution in [0.4, 0.5) is 0 Å². The smallest absolute Gasteiger partial charge is 0.244 e. The van der Waals surface area contributed by atoms with Gasteiger partial charge in [-0.2, -0.15) is 0 Å². The zero-order chi connectivity index (χ0) is 35.1. The average molecular weight is 689 g/mol. The monoisotopic (exact) mass is 689 g/mol. The molecule has 1 amide bonds. The van der Waals surface area contributed by atoms with Crippen molar-refractivity contribution >= 4 is 11.7 Å². The summed E-state index contributed by atoms with van der Waals surface area (Å²) in [7, 11) is 0. The molecule has 0 bridgehead atoms. The molecule has 2 N–H and O–H groups in total. The molecule has 0 radical (unpaired) electrons. The molecule has 1 aliphatic heterocycles. The predicted molar refractivity (Wildman–Crippen MR) is 218 cm³/mol. The first-order chi connectivity index (χ1) is 24.3. The van der Waals surface area contributed by atoms with Crippen LogP contribution >= 0.6 is 0 Å². The average Bonchev–Trinajstić information content (AvgIpc) is 3.56. The van der Waals surface area contributed by atoms with Crippen LogP contribution in [0.15, 0.2) is 0 Å². The summed E-state index contributed by atoms with van der Waals surface area (Å²) in [6.07, 6.45) is 51.1. The minimum Gasteiger partial charge on any atom is -0.352 e. The summed E-state index contributed by atoms with van der Waals surface area (Å²) in [5.41, 5.74) is 0. The number of rotatable bonds is 40. The second-order valence-electron chi connectivity index (χ2n) is 15.9. The van der Waals surface area contributed by atoms with Gasteiger partial charge in [-0.1, -0.05) is 226 Å². The summed E-state index contributed by atoms with van der Waals surface area (Å²) >= 11 is 0. The summed E-state index contributed by atoms with van der Waals surface area (Å²) in [6, 6.07) is 0. The molecule has 0 spiro atoms. The van der Waals surface area contributed by atoms with Gasteiger partial charge in [0.05, 0.1) is 6.54 Å². The van der Waals surface area contributed by atoms with Crippen molar-refractivity contribution in [1.29, 1.82) is 0 Å². The highest BCUT2D eigenvalue weighted by atomic mass is 16.1. The molecule has 0 saturated heterocycles. The molecule has 4 heteroatoms. The van der Waals surface area contributed by atoms with E-state index in [0.717, 1.165) is 32.6 Å². The number of nitrogens with one attached hydrogen (secondary N) is 2. The molecule has 49 heavy (non-hydrogen) atoms. The maximum Gasteiger partial charge on any atom is 0.244 e. The molecule has 0 aromatic heterocycles. The Hall–Kier alpha value is -1.06. The molecule has 0 fully saturated rings. The Bertz CT molecular complexity index is 720. The second-order valence-corrected chi connectivity index (χ2v) is 15.9. The minimum absolute atomic E-state index is 0.248. The van der Waals surface area contributed by atoms with E-state index >= 15 is 0 Å². The molecule has 0 aliphatic carbocycles. The second kappa shape index (κ2) is 38.2. The van der Waals surface area contributed by atoms with Crippen LogP contribution in [-0.4, -0.2) is 42.5 Å². The fourth-order valence-corrected chi connectivity index (χ4v) is 7.70. The first-order valence-electron chi connectivity index (χ1n) is 22.9. The number of amidine groups is 1. The van der Waals surface area contributed by atoms with Gasteiger partial charge in [0.15, 0.2) is 0 Å². The molecule has 0 atom stereocenters. The number of amides is 1. The highest BCUT2D eigenvalue weighted by molar-refractivity contribution is 5.78. The highest BCUT2D eigenvalue weighted by Crippen LogP contribution is 2.16. The largest absolute Gasteiger partial charge is 0.352 e. The fraction of sp³-hybridized carbons (Fsp3) is 0.956. The number of hydrogen-bond acceptors (Lipinski definition) is 2. The Morgan fingerprint density at radius 1 is 0.490 bits per heavy atom. The van der Waals surface area contributed by atoms with Gasteiger partial charge in [0.2, 0.25) is 11.7 Å². The predicted octanol–water partition coefficient (Wildman–Crippen LogP) is 13.6. The summed E-state index contributed by atoms with van der Waals surface area (Å²) < 4.78 is 2.48. The van der Waals surface area contributed by atoms with Crippen molar-refractivity contribution in [2.24, 2.45) is 0 Å². The van der Waals surface area contributed by atoms with Crippen LogP contribution < -0.4 is 10.6 Å². The zero-order valence-electron chi connectivity index (χ0n) is 33.8. The molecule has 0 saturated carbocycles. The number of carbonyl (C=O) groups excluding carboxylic acids is 1. The van der Waals surface area contributed by atoms with Gasteiger partial charge in [-0.15, -0.1) is 0 Å². The van der Waals surface area contributed by atoms with E-state index < -0.39 is 0 Å². The molecule has 4 nitrogen and oxygen atoms in total. The van der Waals surface area contributed by atoms with E-state index in [9.17, 15) is 4.79 Å². The highest BCUT2D eigenvalue weighted by Gasteiger charge is 2.19. The molecule has 290 valence electrons. The van der Waals surface area contributed by atoms with Crippen molar-refractivity contribution in [2.75, 3.05) is 26.2 Å². The van der Waals surface area contributed by atoms with Gasteiger partial charge in [0.1, 0.15) is 19.6 Å². The lowest BCUT2D eigenvalue weighted by molar-refractivity contribution is -0.517. The summed E-state index contributed by atoms with van der Waals surface area (Å²) in [5.74, 6) is 1.66. The molecule has 0 aromatic rings. The van der Waals surface area contributed by atoms with Crippen LogP contribution in [0, 0.1) is 0 Å². The molecular formula is C45H90N3O+. The van der Waals surface area contributed by atoms with E-state index in [-0.39, 0.29) is 5.91 Å². The lowest BCUT2D eigenvalue weighted by atomic mass is 10.0. The third kappa shape index (κ3) is 32.6. The Morgan fingerprint density at radius 2 is 0.816 bits per heavy atom. The van der Waals surface area contributed by atoms with E-state index in [2.05, 4.69) is 29.1 Å². The quantitative estimate of drug-likeness (QED) is 0.0497. The van der Waals surface area contributed by atoms with Gasteiger partial charge in [0.25, 0.3) is 0 Å².